The van der Waals surface area contributed by atoms with Gasteiger partial charge in [0.05, 0.1) is 17.4 Å². The Kier molecular flexibility index (Phi) is 2.62. The highest BCUT2D eigenvalue weighted by molar-refractivity contribution is 5.73. The van der Waals surface area contributed by atoms with Gasteiger partial charge in [0.15, 0.2) is 0 Å². The summed E-state index contributed by atoms with van der Waals surface area (Å²) in [6, 6.07) is 8.86. The van der Waals surface area contributed by atoms with Crippen molar-refractivity contribution in [2.24, 2.45) is 5.92 Å². The van der Waals surface area contributed by atoms with Crippen molar-refractivity contribution in [3.8, 4) is 0 Å². The molecule has 2 bridgehead atoms. The summed E-state index contributed by atoms with van der Waals surface area (Å²) in [6.07, 6.45) is 6.12. The summed E-state index contributed by atoms with van der Waals surface area (Å²) >= 11 is 0. The number of fused-ring (bicyclic) bond motifs is 3. The van der Waals surface area contributed by atoms with Crippen molar-refractivity contribution in [2.45, 2.75) is 25.3 Å². The predicted molar refractivity (Wildman–Crippen MR) is 65.2 cm³/mol. The van der Waals surface area contributed by atoms with Crippen LogP contribution in [0.1, 0.15) is 19.3 Å². The molecule has 0 unspecified atom stereocenters. The molecule has 2 aromatic rings. The molecule has 1 saturated carbocycles. The van der Waals surface area contributed by atoms with Gasteiger partial charge in [-0.3, -0.25) is 0 Å². The van der Waals surface area contributed by atoms with Crippen LogP contribution in [0.2, 0.25) is 0 Å². The van der Waals surface area contributed by atoms with Crippen LogP contribution in [-0.2, 0) is 0 Å². The molecular formula is C13H17N3. The molecule has 4 rings (SSSR count). The molecule has 3 heteroatoms. The van der Waals surface area contributed by atoms with Crippen molar-refractivity contribution < 1.29 is 0 Å². The first-order valence-electron chi connectivity index (χ1n) is 6.03. The molecule has 0 radical (unpaired) electrons. The van der Waals surface area contributed by atoms with E-state index in [1.807, 2.05) is 24.3 Å². The van der Waals surface area contributed by atoms with Gasteiger partial charge in [0, 0.05) is 6.04 Å². The fourth-order valence-corrected chi connectivity index (χ4v) is 2.66. The SMILES string of the molecule is C1C[C@@H]2C[C@H]1CN2.c1ccc2[nH]cnc2c1. The van der Waals surface area contributed by atoms with Gasteiger partial charge < -0.3 is 10.3 Å². The number of para-hydroxylation sites is 2. The van der Waals surface area contributed by atoms with Crippen LogP contribution in [0.4, 0.5) is 0 Å². The Morgan fingerprint density at radius 2 is 2.12 bits per heavy atom. The van der Waals surface area contributed by atoms with E-state index < -0.39 is 0 Å². The van der Waals surface area contributed by atoms with Gasteiger partial charge >= 0.3 is 0 Å². The van der Waals surface area contributed by atoms with E-state index in [1.165, 1.54) is 25.8 Å². The van der Waals surface area contributed by atoms with Crippen LogP contribution < -0.4 is 5.32 Å². The third-order valence-electron chi connectivity index (χ3n) is 3.56. The van der Waals surface area contributed by atoms with Gasteiger partial charge in [-0.15, -0.1) is 0 Å². The Balaban J connectivity index is 0.000000104. The number of H-pyrrole nitrogens is 1. The molecule has 1 aromatic heterocycles. The molecule has 0 spiro atoms. The first-order chi connectivity index (χ1) is 7.92. The fourth-order valence-electron chi connectivity index (χ4n) is 2.66. The molecule has 2 N–H and O–H groups in total. The number of aromatic nitrogens is 2. The van der Waals surface area contributed by atoms with E-state index in [0.29, 0.717) is 0 Å². The van der Waals surface area contributed by atoms with E-state index >= 15 is 0 Å². The van der Waals surface area contributed by atoms with E-state index in [1.54, 1.807) is 6.33 Å². The van der Waals surface area contributed by atoms with Gasteiger partial charge in [-0.25, -0.2) is 4.98 Å². The monoisotopic (exact) mass is 215 g/mol. The van der Waals surface area contributed by atoms with Crippen LogP contribution in [0.3, 0.4) is 0 Å². The van der Waals surface area contributed by atoms with Gasteiger partial charge in [-0.2, -0.15) is 0 Å². The number of aromatic amines is 1. The summed E-state index contributed by atoms with van der Waals surface area (Å²) in [5, 5.41) is 3.46. The van der Waals surface area contributed by atoms with Crippen LogP contribution in [0, 0.1) is 5.92 Å². The van der Waals surface area contributed by atoms with E-state index in [4.69, 9.17) is 0 Å². The van der Waals surface area contributed by atoms with Gasteiger partial charge in [0.1, 0.15) is 0 Å². The van der Waals surface area contributed by atoms with Crippen LogP contribution in [0.25, 0.3) is 11.0 Å². The minimum absolute atomic E-state index is 0.921. The largest absolute Gasteiger partial charge is 0.345 e. The first-order valence-corrected chi connectivity index (χ1v) is 6.03. The Morgan fingerprint density at radius 1 is 1.19 bits per heavy atom. The second-order valence-electron chi connectivity index (χ2n) is 4.70. The molecule has 1 aromatic carbocycles. The lowest BCUT2D eigenvalue weighted by Gasteiger charge is -2.08. The number of nitrogens with one attached hydrogen (secondary N) is 2. The molecule has 84 valence electrons. The number of benzene rings is 1. The normalized spacial score (nSPS) is 26.8. The second kappa shape index (κ2) is 4.26. The zero-order chi connectivity index (χ0) is 10.8. The molecule has 16 heavy (non-hydrogen) atoms. The van der Waals surface area contributed by atoms with Gasteiger partial charge in [0.2, 0.25) is 0 Å². The van der Waals surface area contributed by atoms with E-state index in [-0.39, 0.29) is 0 Å². The average molecular weight is 215 g/mol. The molecule has 1 saturated heterocycles. The van der Waals surface area contributed by atoms with E-state index in [9.17, 15) is 0 Å². The molecule has 1 aliphatic carbocycles. The number of rotatable bonds is 0. The smallest absolute Gasteiger partial charge is 0.0931 e. The third kappa shape index (κ3) is 1.95. The van der Waals surface area contributed by atoms with Gasteiger partial charge in [-0.05, 0) is 43.9 Å². The number of nitrogens with zero attached hydrogens (tertiary/aromatic N) is 1. The van der Waals surface area contributed by atoms with Crippen LogP contribution in [0.5, 0.6) is 0 Å². The molecule has 2 aliphatic rings. The quantitative estimate of drug-likeness (QED) is 0.708. The van der Waals surface area contributed by atoms with Crippen LogP contribution >= 0.6 is 0 Å². The lowest BCUT2D eigenvalue weighted by molar-refractivity contribution is 0.504. The summed E-state index contributed by atoms with van der Waals surface area (Å²) in [6.45, 7) is 1.31. The maximum absolute atomic E-state index is 4.06. The van der Waals surface area contributed by atoms with Gasteiger partial charge in [-0.1, -0.05) is 12.1 Å². The first kappa shape index (κ1) is 9.85. The Labute approximate surface area is 95.3 Å². The van der Waals surface area contributed by atoms with Crippen molar-refractivity contribution in [1.29, 1.82) is 0 Å². The summed E-state index contributed by atoms with van der Waals surface area (Å²) in [5.41, 5.74) is 2.12. The Hall–Kier alpha value is -1.35. The summed E-state index contributed by atoms with van der Waals surface area (Å²) in [7, 11) is 0. The van der Waals surface area contributed by atoms with Gasteiger partial charge in [0.25, 0.3) is 0 Å². The number of hydrogen-bond acceptors (Lipinski definition) is 2. The van der Waals surface area contributed by atoms with Crippen molar-refractivity contribution >= 4 is 11.0 Å². The highest BCUT2D eigenvalue weighted by Gasteiger charge is 2.30. The van der Waals surface area contributed by atoms with Crippen molar-refractivity contribution in [2.75, 3.05) is 6.54 Å². The number of piperidine rings is 1. The molecule has 0 amide bonds. The Morgan fingerprint density at radius 3 is 2.69 bits per heavy atom. The maximum atomic E-state index is 4.06. The zero-order valence-corrected chi connectivity index (χ0v) is 9.32. The standard InChI is InChI=1S/C7H6N2.C6H11N/c1-2-4-7-6(3-1)8-5-9-7;1-2-6-3-5(1)4-7-6/h1-5H,(H,8,9);5-7H,1-4H2/t;5-,6+/m.0/s1. The van der Waals surface area contributed by atoms with Crippen LogP contribution in [-0.4, -0.2) is 22.6 Å². The highest BCUT2D eigenvalue weighted by atomic mass is 15.0. The number of imidazole rings is 1. The molecule has 3 nitrogen and oxygen atoms in total. The minimum atomic E-state index is 0.921. The fraction of sp³-hybridized carbons (Fsp3) is 0.462. The molecular weight excluding hydrogens is 198 g/mol. The van der Waals surface area contributed by atoms with Crippen molar-refractivity contribution in [3.05, 3.63) is 30.6 Å². The molecule has 2 atom stereocenters. The topological polar surface area (TPSA) is 40.7 Å². The Bertz CT molecular complexity index is 415. The predicted octanol–water partition coefficient (Wildman–Crippen LogP) is 2.32. The van der Waals surface area contributed by atoms with E-state index in [0.717, 1.165) is 23.0 Å². The number of hydrogen-bond donors (Lipinski definition) is 2. The van der Waals surface area contributed by atoms with E-state index in [2.05, 4.69) is 15.3 Å². The highest BCUT2D eigenvalue weighted by Crippen LogP contribution is 2.29. The van der Waals surface area contributed by atoms with Crippen molar-refractivity contribution in [1.82, 2.24) is 15.3 Å². The summed E-state index contributed by atoms with van der Waals surface area (Å²) < 4.78 is 0. The third-order valence-corrected chi connectivity index (χ3v) is 3.56. The second-order valence-corrected chi connectivity index (χ2v) is 4.70. The summed E-state index contributed by atoms with van der Waals surface area (Å²) in [4.78, 5) is 7.07. The lowest BCUT2D eigenvalue weighted by Crippen LogP contribution is -2.23. The lowest BCUT2D eigenvalue weighted by atomic mass is 10.1. The van der Waals surface area contributed by atoms with Crippen molar-refractivity contribution in [3.63, 3.8) is 0 Å². The molecule has 2 heterocycles. The zero-order valence-electron chi connectivity index (χ0n) is 9.32. The summed E-state index contributed by atoms with van der Waals surface area (Å²) in [5.74, 6) is 1.06. The minimum Gasteiger partial charge on any atom is -0.345 e. The molecule has 2 fully saturated rings. The van der Waals surface area contributed by atoms with Crippen LogP contribution in [0.15, 0.2) is 30.6 Å². The average Bonchev–Trinajstić information content (AvgIpc) is 3.07. The maximum Gasteiger partial charge on any atom is 0.0931 e. The molecule has 1 aliphatic heterocycles.